The van der Waals surface area contributed by atoms with Crippen LogP contribution >= 0.6 is 11.6 Å². The third kappa shape index (κ3) is 4.17. The molecule has 224 valence electrons. The molecule has 2 aliphatic heterocycles. The van der Waals surface area contributed by atoms with Gasteiger partial charge < -0.3 is 20.2 Å². The van der Waals surface area contributed by atoms with Gasteiger partial charge in [-0.1, -0.05) is 24.2 Å². The first-order valence-electron chi connectivity index (χ1n) is 14.3. The van der Waals surface area contributed by atoms with Crippen molar-refractivity contribution in [3.8, 4) is 22.7 Å². The van der Waals surface area contributed by atoms with E-state index in [9.17, 15) is 19.5 Å². The molecule has 1 aromatic carbocycles. The van der Waals surface area contributed by atoms with Crippen molar-refractivity contribution in [1.29, 1.82) is 0 Å². The van der Waals surface area contributed by atoms with Crippen LogP contribution in [0.15, 0.2) is 54.0 Å². The summed E-state index contributed by atoms with van der Waals surface area (Å²) >= 11 is 6.79. The molecule has 5 heterocycles. The summed E-state index contributed by atoms with van der Waals surface area (Å²) in [5.41, 5.74) is 1.90. The lowest BCUT2D eigenvalue weighted by Gasteiger charge is -2.48. The molecule has 3 aromatic heterocycles. The number of carbonyl (C=O) groups excluding carboxylic acids is 2. The summed E-state index contributed by atoms with van der Waals surface area (Å²) in [6.07, 6.45) is 4.74. The molecule has 4 aromatic rings. The minimum atomic E-state index is -0.794. The van der Waals surface area contributed by atoms with Crippen molar-refractivity contribution in [2.75, 3.05) is 23.3 Å². The third-order valence-electron chi connectivity index (χ3n) is 8.68. The number of hydrogen-bond acceptors (Lipinski definition) is 7. The summed E-state index contributed by atoms with van der Waals surface area (Å²) in [5, 5.41) is 13.9. The molecule has 1 saturated heterocycles. The number of amides is 2. The maximum atomic E-state index is 15.1. The van der Waals surface area contributed by atoms with Crippen LogP contribution in [0.2, 0.25) is 5.02 Å². The Bertz CT molecular complexity index is 1970. The van der Waals surface area contributed by atoms with Gasteiger partial charge in [-0.2, -0.15) is 0 Å². The summed E-state index contributed by atoms with van der Waals surface area (Å²) in [5.74, 6) is -1.65. The molecule has 44 heavy (non-hydrogen) atoms. The highest BCUT2D eigenvalue weighted by Gasteiger charge is 2.44. The first kappa shape index (κ1) is 28.0. The second kappa shape index (κ2) is 10.2. The molecule has 3 aliphatic rings. The fraction of sp³-hybridized carbons (Fsp3) is 0.281. The van der Waals surface area contributed by atoms with Crippen LogP contribution in [0.1, 0.15) is 36.9 Å². The molecule has 0 bridgehead atoms. The van der Waals surface area contributed by atoms with E-state index in [0.717, 1.165) is 24.1 Å². The van der Waals surface area contributed by atoms with E-state index in [1.807, 2.05) is 18.7 Å². The van der Waals surface area contributed by atoms with Gasteiger partial charge in [0.2, 0.25) is 11.8 Å². The van der Waals surface area contributed by atoms with E-state index in [1.54, 1.807) is 23.2 Å². The van der Waals surface area contributed by atoms with Crippen LogP contribution in [0.25, 0.3) is 28.0 Å². The lowest BCUT2D eigenvalue weighted by molar-refractivity contribution is -0.130. The van der Waals surface area contributed by atoms with Crippen molar-refractivity contribution in [2.45, 2.75) is 44.7 Å². The van der Waals surface area contributed by atoms with Crippen LogP contribution in [0.4, 0.5) is 15.8 Å². The van der Waals surface area contributed by atoms with Gasteiger partial charge in [0.15, 0.2) is 5.65 Å². The van der Waals surface area contributed by atoms with E-state index in [-0.39, 0.29) is 64.3 Å². The molecule has 2 amide bonds. The van der Waals surface area contributed by atoms with Crippen LogP contribution in [0, 0.1) is 12.7 Å². The number of hydrogen-bond donors (Lipinski definition) is 2. The van der Waals surface area contributed by atoms with Crippen molar-refractivity contribution in [2.24, 2.45) is 0 Å². The lowest BCUT2D eigenvalue weighted by Crippen LogP contribution is -2.64. The SMILES string of the molecule is C=CC(=O)N1C[C@@H]2C(=O)Nc3c(c4cc(Cl)c(-c5c(O)cccc5F)nc4n(-c4c(C)ccnc4C4CC4)c3=O)N2C[C@H]1C. The van der Waals surface area contributed by atoms with Crippen LogP contribution in [-0.2, 0) is 9.59 Å². The van der Waals surface area contributed by atoms with Crippen molar-refractivity contribution in [1.82, 2.24) is 19.4 Å². The molecule has 2 fully saturated rings. The standard InChI is InChI=1S/C32H28ClFN6O4/c1-4-23(42)38-14-21-31(43)37-27-29(39(21)13-16(38)3)18-12-19(33)26(24-20(34)6-5-7-22(24)41)36-30(18)40(32(27)44)28-15(2)10-11-35-25(28)17-8-9-17/h4-7,10-12,16-17,21,41H,1,8-9,13-14H2,2-3H3,(H,37,43)/t16-,21-/m1/s1. The van der Waals surface area contributed by atoms with E-state index in [1.165, 1.54) is 28.8 Å². The highest BCUT2D eigenvalue weighted by Crippen LogP contribution is 2.46. The van der Waals surface area contributed by atoms with Crippen molar-refractivity contribution in [3.63, 3.8) is 0 Å². The average molecular weight is 615 g/mol. The fourth-order valence-corrected chi connectivity index (χ4v) is 6.65. The molecule has 1 saturated carbocycles. The largest absolute Gasteiger partial charge is 0.507 e. The minimum Gasteiger partial charge on any atom is -0.507 e. The quantitative estimate of drug-likeness (QED) is 0.320. The predicted molar refractivity (Wildman–Crippen MR) is 165 cm³/mol. The minimum absolute atomic E-state index is 0.0384. The number of aromatic hydroxyl groups is 1. The number of aromatic nitrogens is 3. The molecule has 1 aliphatic carbocycles. The van der Waals surface area contributed by atoms with Gasteiger partial charge in [0, 0.05) is 30.1 Å². The highest BCUT2D eigenvalue weighted by molar-refractivity contribution is 6.34. The number of phenolic OH excluding ortho intramolecular Hbond substituents is 1. The Morgan fingerprint density at radius 2 is 1.98 bits per heavy atom. The maximum Gasteiger partial charge on any atom is 0.282 e. The number of nitrogens with one attached hydrogen (secondary N) is 1. The first-order chi connectivity index (χ1) is 21.1. The van der Waals surface area contributed by atoms with Gasteiger partial charge >= 0.3 is 0 Å². The molecule has 0 radical (unpaired) electrons. The zero-order valence-corrected chi connectivity index (χ0v) is 24.7. The second-order valence-electron chi connectivity index (χ2n) is 11.5. The Morgan fingerprint density at radius 1 is 1.20 bits per heavy atom. The number of anilines is 2. The monoisotopic (exact) mass is 614 g/mol. The summed E-state index contributed by atoms with van der Waals surface area (Å²) in [6.45, 7) is 7.64. The molecule has 7 rings (SSSR count). The number of aryl methyl sites for hydroxylation is 1. The van der Waals surface area contributed by atoms with Gasteiger partial charge in [0.05, 0.1) is 39.9 Å². The number of nitrogens with zero attached hydrogens (tertiary/aromatic N) is 5. The number of piperazine rings is 1. The Morgan fingerprint density at radius 3 is 2.68 bits per heavy atom. The Labute approximate surface area is 256 Å². The van der Waals surface area contributed by atoms with Crippen LogP contribution < -0.4 is 15.8 Å². The Hall–Kier alpha value is -4.77. The molecule has 12 heteroatoms. The summed E-state index contributed by atoms with van der Waals surface area (Å²) in [4.78, 5) is 53.5. The third-order valence-corrected chi connectivity index (χ3v) is 8.97. The number of benzene rings is 1. The predicted octanol–water partition coefficient (Wildman–Crippen LogP) is 4.68. The number of carbonyl (C=O) groups is 2. The van der Waals surface area contributed by atoms with E-state index in [4.69, 9.17) is 16.6 Å². The van der Waals surface area contributed by atoms with Gasteiger partial charge in [-0.05, 0) is 62.6 Å². The molecular weight excluding hydrogens is 587 g/mol. The number of rotatable bonds is 4. The zero-order valence-electron chi connectivity index (χ0n) is 24.0. The normalized spacial score (nSPS) is 19.4. The lowest BCUT2D eigenvalue weighted by atomic mass is 9.99. The van der Waals surface area contributed by atoms with Gasteiger partial charge in [-0.25, -0.2) is 9.37 Å². The number of phenols is 1. The van der Waals surface area contributed by atoms with Crippen LogP contribution in [0.5, 0.6) is 5.75 Å². The van der Waals surface area contributed by atoms with Gasteiger partial charge in [-0.3, -0.25) is 23.9 Å². The van der Waals surface area contributed by atoms with Crippen LogP contribution in [-0.4, -0.2) is 61.5 Å². The van der Waals surface area contributed by atoms with Gasteiger partial charge in [-0.15, -0.1) is 0 Å². The van der Waals surface area contributed by atoms with Crippen molar-refractivity contribution < 1.29 is 19.1 Å². The topological polar surface area (TPSA) is 121 Å². The average Bonchev–Trinajstić information content (AvgIpc) is 3.83. The summed E-state index contributed by atoms with van der Waals surface area (Å²) in [6, 6.07) is 6.18. The number of fused-ring (bicyclic) bond motifs is 5. The molecule has 0 unspecified atom stereocenters. The zero-order chi connectivity index (χ0) is 31.0. The van der Waals surface area contributed by atoms with Crippen molar-refractivity contribution in [3.05, 3.63) is 81.6 Å². The number of halogens is 2. The second-order valence-corrected chi connectivity index (χ2v) is 11.9. The Balaban J connectivity index is 1.57. The van der Waals surface area contributed by atoms with Crippen molar-refractivity contribution >= 4 is 45.8 Å². The molecule has 2 N–H and O–H groups in total. The number of pyridine rings is 3. The summed E-state index contributed by atoms with van der Waals surface area (Å²) < 4.78 is 16.6. The Kier molecular flexibility index (Phi) is 6.47. The van der Waals surface area contributed by atoms with Gasteiger partial charge in [0.25, 0.3) is 5.56 Å². The smallest absolute Gasteiger partial charge is 0.282 e. The molecular formula is C32H28ClFN6O4. The molecule has 2 atom stereocenters. The van der Waals surface area contributed by atoms with E-state index in [2.05, 4.69) is 16.9 Å². The van der Waals surface area contributed by atoms with E-state index >= 15 is 4.39 Å². The first-order valence-corrected chi connectivity index (χ1v) is 14.7. The van der Waals surface area contributed by atoms with E-state index < -0.39 is 23.3 Å². The summed E-state index contributed by atoms with van der Waals surface area (Å²) in [7, 11) is 0. The molecule has 10 nitrogen and oxygen atoms in total. The van der Waals surface area contributed by atoms with Crippen LogP contribution in [0.3, 0.4) is 0 Å². The highest BCUT2D eigenvalue weighted by atomic mass is 35.5. The van der Waals surface area contributed by atoms with Gasteiger partial charge in [0.1, 0.15) is 23.3 Å². The van der Waals surface area contributed by atoms with E-state index in [0.29, 0.717) is 16.8 Å². The fourth-order valence-electron chi connectivity index (χ4n) is 6.40. The molecule has 0 spiro atoms. The maximum absolute atomic E-state index is 15.1.